The monoisotopic (exact) mass is 208 g/mol. The molecule has 1 aliphatic carbocycles. The standard InChI is InChI=1S/C13H20O2/c1-4-10-11(14)12(2,3)15-13(10)8-6-5-7-9-13/h4H,5-9H2,1-3H3/b10-4-. The van der Waals surface area contributed by atoms with Gasteiger partial charge in [0.1, 0.15) is 5.60 Å². The van der Waals surface area contributed by atoms with Gasteiger partial charge < -0.3 is 4.74 Å². The van der Waals surface area contributed by atoms with Crippen molar-refractivity contribution >= 4 is 5.78 Å². The summed E-state index contributed by atoms with van der Waals surface area (Å²) in [4.78, 5) is 12.1. The molecule has 1 saturated carbocycles. The summed E-state index contributed by atoms with van der Waals surface area (Å²) in [6.07, 6.45) is 7.63. The van der Waals surface area contributed by atoms with Crippen LogP contribution < -0.4 is 0 Å². The molecule has 1 saturated heterocycles. The Hall–Kier alpha value is -0.630. The molecule has 1 heterocycles. The van der Waals surface area contributed by atoms with E-state index in [2.05, 4.69) is 0 Å². The van der Waals surface area contributed by atoms with E-state index in [0.717, 1.165) is 18.4 Å². The Labute approximate surface area is 91.7 Å². The second-order valence-corrected chi connectivity index (χ2v) is 5.20. The third-order valence-electron chi connectivity index (χ3n) is 3.68. The van der Waals surface area contributed by atoms with Crippen molar-refractivity contribution in [1.82, 2.24) is 0 Å². The molecule has 0 unspecified atom stereocenters. The third kappa shape index (κ3) is 1.55. The molecule has 1 spiro atoms. The Bertz CT molecular complexity index is 306. The Kier molecular flexibility index (Phi) is 2.50. The maximum absolute atomic E-state index is 12.1. The number of hydrogen-bond acceptors (Lipinski definition) is 2. The van der Waals surface area contributed by atoms with E-state index in [9.17, 15) is 4.79 Å². The summed E-state index contributed by atoms with van der Waals surface area (Å²) in [7, 11) is 0. The minimum Gasteiger partial charge on any atom is -0.356 e. The smallest absolute Gasteiger partial charge is 0.192 e. The Morgan fingerprint density at radius 3 is 2.33 bits per heavy atom. The molecule has 0 bridgehead atoms. The van der Waals surface area contributed by atoms with E-state index in [1.54, 1.807) is 0 Å². The lowest BCUT2D eigenvalue weighted by Gasteiger charge is -2.34. The fourth-order valence-electron chi connectivity index (χ4n) is 3.01. The zero-order chi connectivity index (χ0) is 11.1. The minimum absolute atomic E-state index is 0.187. The van der Waals surface area contributed by atoms with Crippen LogP contribution in [0.4, 0.5) is 0 Å². The van der Waals surface area contributed by atoms with Crippen LogP contribution in [0.5, 0.6) is 0 Å². The molecule has 0 aromatic carbocycles. The molecule has 2 nitrogen and oxygen atoms in total. The van der Waals surface area contributed by atoms with Crippen molar-refractivity contribution in [2.75, 3.05) is 0 Å². The van der Waals surface area contributed by atoms with E-state index in [0.29, 0.717) is 0 Å². The summed E-state index contributed by atoms with van der Waals surface area (Å²) in [5, 5.41) is 0. The molecule has 2 rings (SSSR count). The highest BCUT2D eigenvalue weighted by Crippen LogP contribution is 2.47. The number of Topliss-reactive ketones (excluding diaryl/α,β-unsaturated/α-hetero) is 1. The number of ketones is 1. The number of hydrogen-bond donors (Lipinski definition) is 0. The van der Waals surface area contributed by atoms with Crippen LogP contribution in [0.15, 0.2) is 11.6 Å². The Morgan fingerprint density at radius 1 is 1.20 bits per heavy atom. The fraction of sp³-hybridized carbons (Fsp3) is 0.769. The van der Waals surface area contributed by atoms with E-state index in [4.69, 9.17) is 4.74 Å². The zero-order valence-corrected chi connectivity index (χ0v) is 9.93. The van der Waals surface area contributed by atoms with Gasteiger partial charge in [-0.3, -0.25) is 4.79 Å². The molecule has 0 N–H and O–H groups in total. The third-order valence-corrected chi connectivity index (χ3v) is 3.68. The van der Waals surface area contributed by atoms with E-state index in [1.807, 2.05) is 26.8 Å². The lowest BCUT2D eigenvalue weighted by molar-refractivity contribution is -0.136. The van der Waals surface area contributed by atoms with Crippen LogP contribution in [0.3, 0.4) is 0 Å². The van der Waals surface area contributed by atoms with Crippen molar-refractivity contribution in [2.24, 2.45) is 0 Å². The molecule has 2 fully saturated rings. The fourth-order valence-corrected chi connectivity index (χ4v) is 3.01. The zero-order valence-electron chi connectivity index (χ0n) is 9.93. The van der Waals surface area contributed by atoms with Crippen LogP contribution in [0, 0.1) is 0 Å². The summed E-state index contributed by atoms with van der Waals surface area (Å²) >= 11 is 0. The van der Waals surface area contributed by atoms with Gasteiger partial charge in [-0.05, 0) is 33.6 Å². The molecule has 0 radical (unpaired) electrons. The second kappa shape index (κ2) is 3.44. The number of rotatable bonds is 0. The first-order chi connectivity index (χ1) is 7.02. The van der Waals surface area contributed by atoms with Gasteiger partial charge >= 0.3 is 0 Å². The van der Waals surface area contributed by atoms with Crippen LogP contribution in [0.2, 0.25) is 0 Å². The maximum atomic E-state index is 12.1. The summed E-state index contributed by atoms with van der Waals surface area (Å²) in [6, 6.07) is 0. The first-order valence-electron chi connectivity index (χ1n) is 5.94. The quantitative estimate of drug-likeness (QED) is 0.572. The van der Waals surface area contributed by atoms with Crippen LogP contribution in [0.25, 0.3) is 0 Å². The molecule has 84 valence electrons. The molecular weight excluding hydrogens is 188 g/mol. The predicted molar refractivity (Wildman–Crippen MR) is 59.7 cm³/mol. The van der Waals surface area contributed by atoms with Crippen LogP contribution in [-0.2, 0) is 9.53 Å². The van der Waals surface area contributed by atoms with Crippen molar-refractivity contribution in [3.8, 4) is 0 Å². The first-order valence-corrected chi connectivity index (χ1v) is 5.94. The normalized spacial score (nSPS) is 31.4. The molecule has 0 aromatic rings. The highest BCUT2D eigenvalue weighted by molar-refractivity contribution is 6.05. The molecule has 1 aliphatic heterocycles. The summed E-state index contributed by atoms with van der Waals surface area (Å²) in [6.45, 7) is 5.73. The summed E-state index contributed by atoms with van der Waals surface area (Å²) in [5.41, 5.74) is 0.0689. The second-order valence-electron chi connectivity index (χ2n) is 5.20. The molecule has 0 atom stereocenters. The number of carbonyl (C=O) groups excluding carboxylic acids is 1. The van der Waals surface area contributed by atoms with Gasteiger partial charge in [0.05, 0.1) is 5.60 Å². The van der Waals surface area contributed by atoms with Crippen molar-refractivity contribution in [1.29, 1.82) is 0 Å². The number of allylic oxidation sites excluding steroid dienone is 1. The average Bonchev–Trinajstić information content (AvgIpc) is 2.35. The van der Waals surface area contributed by atoms with Crippen molar-refractivity contribution in [3.63, 3.8) is 0 Å². The van der Waals surface area contributed by atoms with Gasteiger partial charge in [-0.2, -0.15) is 0 Å². The van der Waals surface area contributed by atoms with E-state index in [-0.39, 0.29) is 11.4 Å². The van der Waals surface area contributed by atoms with Crippen LogP contribution in [0.1, 0.15) is 52.9 Å². The van der Waals surface area contributed by atoms with Crippen molar-refractivity contribution < 1.29 is 9.53 Å². The van der Waals surface area contributed by atoms with Crippen molar-refractivity contribution in [2.45, 2.75) is 64.1 Å². The Morgan fingerprint density at radius 2 is 1.80 bits per heavy atom. The van der Waals surface area contributed by atoms with Crippen LogP contribution >= 0.6 is 0 Å². The lowest BCUT2D eigenvalue weighted by atomic mass is 9.78. The van der Waals surface area contributed by atoms with Gasteiger partial charge in [-0.15, -0.1) is 0 Å². The maximum Gasteiger partial charge on any atom is 0.192 e. The molecule has 0 amide bonds. The molecule has 15 heavy (non-hydrogen) atoms. The van der Waals surface area contributed by atoms with Gasteiger partial charge in [0.25, 0.3) is 0 Å². The molecule has 0 aromatic heterocycles. The van der Waals surface area contributed by atoms with Gasteiger partial charge in [-0.25, -0.2) is 0 Å². The van der Waals surface area contributed by atoms with E-state index < -0.39 is 5.60 Å². The number of ether oxygens (including phenoxy) is 1. The Balaban J connectivity index is 2.37. The topological polar surface area (TPSA) is 26.3 Å². The van der Waals surface area contributed by atoms with Crippen molar-refractivity contribution in [3.05, 3.63) is 11.6 Å². The van der Waals surface area contributed by atoms with E-state index in [1.165, 1.54) is 19.3 Å². The lowest BCUT2D eigenvalue weighted by Crippen LogP contribution is -2.35. The predicted octanol–water partition coefficient (Wildman–Crippen LogP) is 3.01. The van der Waals surface area contributed by atoms with Crippen LogP contribution in [-0.4, -0.2) is 17.0 Å². The van der Waals surface area contributed by atoms with Gasteiger partial charge in [0.15, 0.2) is 5.78 Å². The van der Waals surface area contributed by atoms with Gasteiger partial charge in [-0.1, -0.05) is 25.3 Å². The largest absolute Gasteiger partial charge is 0.356 e. The minimum atomic E-state index is -0.612. The average molecular weight is 208 g/mol. The first kappa shape index (κ1) is 10.9. The summed E-state index contributed by atoms with van der Waals surface area (Å²) < 4.78 is 6.08. The summed E-state index contributed by atoms with van der Waals surface area (Å²) in [5.74, 6) is 0.187. The molecule has 2 aliphatic rings. The van der Waals surface area contributed by atoms with Gasteiger partial charge in [0, 0.05) is 5.57 Å². The highest BCUT2D eigenvalue weighted by Gasteiger charge is 2.53. The number of carbonyl (C=O) groups is 1. The SMILES string of the molecule is C/C=C1/C(=O)C(C)(C)OC12CCCCC2. The molecular formula is C13H20O2. The van der Waals surface area contributed by atoms with Gasteiger partial charge in [0.2, 0.25) is 0 Å². The molecule has 2 heteroatoms. The highest BCUT2D eigenvalue weighted by atomic mass is 16.5. The van der Waals surface area contributed by atoms with E-state index >= 15 is 0 Å².